The van der Waals surface area contributed by atoms with Gasteiger partial charge in [-0.2, -0.15) is 0 Å². The fourth-order valence-corrected chi connectivity index (χ4v) is 4.03. The molecule has 1 saturated heterocycles. The summed E-state index contributed by atoms with van der Waals surface area (Å²) in [6, 6.07) is 6.44. The number of rotatable bonds is 5. The van der Waals surface area contributed by atoms with E-state index in [9.17, 15) is 8.42 Å². The summed E-state index contributed by atoms with van der Waals surface area (Å²) in [5, 5.41) is 1.14. The van der Waals surface area contributed by atoms with Gasteiger partial charge in [0.1, 0.15) is 0 Å². The second-order valence-corrected chi connectivity index (χ2v) is 8.06. The van der Waals surface area contributed by atoms with Crippen LogP contribution in [0, 0.1) is 0 Å². The van der Waals surface area contributed by atoms with Crippen LogP contribution >= 0.6 is 0 Å². The maximum atomic E-state index is 11.7. The first kappa shape index (κ1) is 15.5. The van der Waals surface area contributed by atoms with E-state index in [-0.39, 0.29) is 5.75 Å². The lowest BCUT2D eigenvalue weighted by Crippen LogP contribution is -2.26. The zero-order valence-electron chi connectivity index (χ0n) is 13.1. The van der Waals surface area contributed by atoms with Crippen molar-refractivity contribution in [1.82, 2.24) is 14.6 Å². The van der Waals surface area contributed by atoms with Gasteiger partial charge in [0.25, 0.3) is 0 Å². The average Bonchev–Trinajstić information content (AvgIpc) is 3.06. The number of hydrogen-bond donors (Lipinski definition) is 2. The minimum absolute atomic E-state index is 0.0212. The molecule has 2 aromatic rings. The van der Waals surface area contributed by atoms with Crippen molar-refractivity contribution in [3.05, 3.63) is 35.5 Å². The van der Waals surface area contributed by atoms with Gasteiger partial charge in [-0.25, -0.2) is 13.1 Å². The van der Waals surface area contributed by atoms with E-state index in [1.807, 2.05) is 18.2 Å². The van der Waals surface area contributed by atoms with E-state index in [0.29, 0.717) is 6.04 Å². The number of fused-ring (bicyclic) bond motifs is 1. The number of nitrogens with one attached hydrogen (secondary N) is 2. The van der Waals surface area contributed by atoms with Gasteiger partial charge in [-0.05, 0) is 63.2 Å². The Morgan fingerprint density at radius 1 is 1.41 bits per heavy atom. The Hall–Kier alpha value is -1.37. The van der Waals surface area contributed by atoms with Crippen LogP contribution in [0.3, 0.4) is 0 Å². The number of sulfonamides is 1. The topological polar surface area (TPSA) is 65.2 Å². The monoisotopic (exact) mass is 321 g/mol. The Labute approximate surface area is 131 Å². The van der Waals surface area contributed by atoms with Crippen molar-refractivity contribution in [3.8, 4) is 0 Å². The van der Waals surface area contributed by atoms with E-state index in [4.69, 9.17) is 0 Å². The number of aromatic amines is 1. The van der Waals surface area contributed by atoms with Crippen molar-refractivity contribution in [2.24, 2.45) is 0 Å². The van der Waals surface area contributed by atoms with Crippen LogP contribution in [0.4, 0.5) is 0 Å². The van der Waals surface area contributed by atoms with Crippen molar-refractivity contribution in [2.75, 3.05) is 20.6 Å². The molecule has 0 unspecified atom stereocenters. The normalized spacial score (nSPS) is 20.0. The summed E-state index contributed by atoms with van der Waals surface area (Å²) in [5.74, 6) is 0.0212. The van der Waals surface area contributed by atoms with Gasteiger partial charge in [-0.1, -0.05) is 6.07 Å². The molecule has 0 amide bonds. The quantitative estimate of drug-likeness (QED) is 0.883. The number of H-pyrrole nitrogens is 1. The van der Waals surface area contributed by atoms with E-state index in [1.54, 1.807) is 0 Å². The minimum atomic E-state index is -3.24. The lowest BCUT2D eigenvalue weighted by Gasteiger charge is -2.18. The van der Waals surface area contributed by atoms with Crippen LogP contribution < -0.4 is 4.72 Å². The summed E-state index contributed by atoms with van der Waals surface area (Å²) >= 11 is 0. The molecule has 0 bridgehead atoms. The number of hydrogen-bond acceptors (Lipinski definition) is 3. The molecule has 0 radical (unpaired) electrons. The van der Waals surface area contributed by atoms with Crippen LogP contribution in [0.25, 0.3) is 10.9 Å². The van der Waals surface area contributed by atoms with Crippen molar-refractivity contribution < 1.29 is 8.42 Å². The predicted molar refractivity (Wildman–Crippen MR) is 89.3 cm³/mol. The molecular weight excluding hydrogens is 298 g/mol. The molecule has 1 aromatic carbocycles. The fourth-order valence-electron chi connectivity index (χ4n) is 3.27. The number of likely N-dealkylation sites (tertiary alicyclic amines) is 1. The molecule has 0 spiro atoms. The lowest BCUT2D eigenvalue weighted by molar-refractivity contribution is 0.310. The third-order valence-corrected chi connectivity index (χ3v) is 5.96. The molecule has 1 aromatic heterocycles. The van der Waals surface area contributed by atoms with Crippen LogP contribution in [-0.2, 0) is 22.2 Å². The third-order valence-electron chi connectivity index (χ3n) is 4.63. The molecule has 1 aliphatic heterocycles. The number of nitrogens with zero attached hydrogens (tertiary/aromatic N) is 1. The zero-order chi connectivity index (χ0) is 15.7. The molecule has 1 aliphatic rings. The first-order valence-corrected chi connectivity index (χ1v) is 9.34. The van der Waals surface area contributed by atoms with Crippen LogP contribution in [0.15, 0.2) is 24.4 Å². The Balaban J connectivity index is 1.88. The Morgan fingerprint density at radius 3 is 2.91 bits per heavy atom. The average molecular weight is 321 g/mol. The zero-order valence-corrected chi connectivity index (χ0v) is 13.9. The summed E-state index contributed by atoms with van der Waals surface area (Å²) in [4.78, 5) is 5.71. The molecular formula is C16H23N3O2S. The second-order valence-electron chi connectivity index (χ2n) is 6.14. The SMILES string of the molecule is CNS(=O)(=O)Cc1ccc2[nH]cc(C[C@@H]3CCCN3C)c2c1. The largest absolute Gasteiger partial charge is 0.361 e. The van der Waals surface area contributed by atoms with E-state index in [1.165, 1.54) is 32.0 Å². The van der Waals surface area contributed by atoms with Crippen LogP contribution in [0.2, 0.25) is 0 Å². The van der Waals surface area contributed by atoms with E-state index in [0.717, 1.165) is 22.9 Å². The van der Waals surface area contributed by atoms with Crippen molar-refractivity contribution in [1.29, 1.82) is 0 Å². The highest BCUT2D eigenvalue weighted by Crippen LogP contribution is 2.26. The van der Waals surface area contributed by atoms with Crippen molar-refractivity contribution >= 4 is 20.9 Å². The van der Waals surface area contributed by atoms with Gasteiger partial charge in [0.05, 0.1) is 5.75 Å². The maximum Gasteiger partial charge on any atom is 0.215 e. The van der Waals surface area contributed by atoms with E-state index < -0.39 is 10.0 Å². The molecule has 0 aliphatic carbocycles. The Kier molecular flexibility index (Phi) is 4.25. The predicted octanol–water partition coefficient (Wildman–Crippen LogP) is 1.85. The van der Waals surface area contributed by atoms with E-state index in [2.05, 4.69) is 27.9 Å². The summed E-state index contributed by atoms with van der Waals surface area (Å²) < 4.78 is 25.8. The molecule has 3 rings (SSSR count). The molecule has 1 atom stereocenters. The maximum absolute atomic E-state index is 11.7. The summed E-state index contributed by atoms with van der Waals surface area (Å²) in [6.07, 6.45) is 5.57. The number of likely N-dealkylation sites (N-methyl/N-ethyl adjacent to an activating group) is 1. The number of aromatic nitrogens is 1. The van der Waals surface area contributed by atoms with Gasteiger partial charge in [0.15, 0.2) is 0 Å². The van der Waals surface area contributed by atoms with Crippen LogP contribution in [-0.4, -0.2) is 45.0 Å². The molecule has 0 saturated carbocycles. The first-order valence-electron chi connectivity index (χ1n) is 7.69. The minimum Gasteiger partial charge on any atom is -0.361 e. The van der Waals surface area contributed by atoms with Crippen molar-refractivity contribution in [2.45, 2.75) is 31.1 Å². The molecule has 22 heavy (non-hydrogen) atoms. The highest BCUT2D eigenvalue weighted by molar-refractivity contribution is 7.88. The van der Waals surface area contributed by atoms with Gasteiger partial charge in [-0.3, -0.25) is 0 Å². The molecule has 2 N–H and O–H groups in total. The van der Waals surface area contributed by atoms with Gasteiger partial charge < -0.3 is 9.88 Å². The van der Waals surface area contributed by atoms with E-state index >= 15 is 0 Å². The van der Waals surface area contributed by atoms with Crippen LogP contribution in [0.5, 0.6) is 0 Å². The summed E-state index contributed by atoms with van der Waals surface area (Å²) in [6.45, 7) is 1.17. The highest BCUT2D eigenvalue weighted by Gasteiger charge is 2.22. The molecule has 2 heterocycles. The summed E-state index contributed by atoms with van der Waals surface area (Å²) in [7, 11) is 0.391. The molecule has 6 heteroatoms. The first-order chi connectivity index (χ1) is 10.5. The van der Waals surface area contributed by atoms with Crippen molar-refractivity contribution in [3.63, 3.8) is 0 Å². The Morgan fingerprint density at radius 2 is 2.23 bits per heavy atom. The second kappa shape index (κ2) is 6.02. The molecule has 1 fully saturated rings. The highest BCUT2D eigenvalue weighted by atomic mass is 32.2. The lowest BCUT2D eigenvalue weighted by atomic mass is 10.0. The third kappa shape index (κ3) is 3.19. The summed E-state index contributed by atoms with van der Waals surface area (Å²) in [5.41, 5.74) is 3.17. The number of benzene rings is 1. The fraction of sp³-hybridized carbons (Fsp3) is 0.500. The van der Waals surface area contributed by atoms with Gasteiger partial charge in [-0.15, -0.1) is 0 Å². The van der Waals surface area contributed by atoms with Gasteiger partial charge in [0, 0.05) is 23.1 Å². The molecule has 5 nitrogen and oxygen atoms in total. The Bertz CT molecular complexity index is 767. The molecule has 120 valence electrons. The van der Waals surface area contributed by atoms with Gasteiger partial charge >= 0.3 is 0 Å². The smallest absolute Gasteiger partial charge is 0.215 e. The standard InChI is InChI=1S/C16H23N3O2S/c1-17-22(20,21)11-12-5-6-16-15(8-12)13(10-18-16)9-14-4-3-7-19(14)2/h5-6,8,10,14,17-18H,3-4,7,9,11H2,1-2H3/t14-/m0/s1. The van der Waals surface area contributed by atoms with Crippen LogP contribution in [0.1, 0.15) is 24.0 Å². The van der Waals surface area contributed by atoms with Gasteiger partial charge in [0.2, 0.25) is 10.0 Å².